The van der Waals surface area contributed by atoms with Gasteiger partial charge in [0.1, 0.15) is 31.2 Å². The van der Waals surface area contributed by atoms with Gasteiger partial charge in [0.15, 0.2) is 11.6 Å². The zero-order valence-electron chi connectivity index (χ0n) is 15.6. The largest absolute Gasteiger partial charge is 0.744 e. The minimum Gasteiger partial charge on any atom is -0.744 e. The fourth-order valence-corrected chi connectivity index (χ4v) is 7.62. The zero-order chi connectivity index (χ0) is 23.0. The lowest BCUT2D eigenvalue weighted by atomic mass is 10.1. The Hall–Kier alpha value is -3.03. The van der Waals surface area contributed by atoms with E-state index in [1.165, 1.54) is 36.4 Å². The van der Waals surface area contributed by atoms with E-state index in [-0.39, 0.29) is 37.1 Å². The molecule has 0 bridgehead atoms. The summed E-state index contributed by atoms with van der Waals surface area (Å²) in [6, 6.07) is 11.6. The summed E-state index contributed by atoms with van der Waals surface area (Å²) in [4.78, 5) is 27.6. The van der Waals surface area contributed by atoms with E-state index in [1.807, 2.05) is 0 Å². The van der Waals surface area contributed by atoms with Gasteiger partial charge in [0, 0.05) is 21.9 Å². The molecule has 9 nitrogen and oxygen atoms in total. The van der Waals surface area contributed by atoms with E-state index in [9.17, 15) is 35.5 Å². The second-order valence-corrected chi connectivity index (χ2v) is 10.7. The van der Waals surface area contributed by atoms with E-state index in [0.29, 0.717) is 11.3 Å². The van der Waals surface area contributed by atoms with Gasteiger partial charge in [-0.05, 0) is 0 Å². The Bertz CT molecular complexity index is 1680. The predicted octanol–water partition coefficient (Wildman–Crippen LogP) is 2.42. The highest BCUT2D eigenvalue weighted by molar-refractivity contribution is 7.89. The zero-order valence-corrected chi connectivity index (χ0v) is 18.1. The molecule has 0 radical (unpaired) electrons. The fraction of sp³-hybridized carbons (Fsp3) is 0.0500. The Labute approximate surface area is 184 Å². The van der Waals surface area contributed by atoms with Crippen molar-refractivity contribution in [3.63, 3.8) is 0 Å². The summed E-state index contributed by atoms with van der Waals surface area (Å²) in [5, 5.41) is -0.280. The number of benzene rings is 3. The third-order valence-corrected chi connectivity index (χ3v) is 8.44. The molecule has 1 aliphatic carbocycles. The van der Waals surface area contributed by atoms with Gasteiger partial charge in [0.25, 0.3) is 0 Å². The van der Waals surface area contributed by atoms with E-state index in [0.717, 1.165) is 0 Å². The van der Waals surface area contributed by atoms with Gasteiger partial charge in [0.2, 0.25) is 0 Å². The Morgan fingerprint density at radius 1 is 0.750 bits per heavy atom. The van der Waals surface area contributed by atoms with Crippen molar-refractivity contribution in [3.05, 3.63) is 64.7 Å². The number of hydrogen-bond donors (Lipinski definition) is 0. The van der Waals surface area contributed by atoms with Gasteiger partial charge < -0.3 is 9.11 Å². The van der Waals surface area contributed by atoms with Crippen molar-refractivity contribution in [1.29, 1.82) is 0 Å². The highest BCUT2D eigenvalue weighted by Gasteiger charge is 2.42. The van der Waals surface area contributed by atoms with Crippen LogP contribution in [0.5, 0.6) is 0 Å². The lowest BCUT2D eigenvalue weighted by Gasteiger charge is -2.18. The van der Waals surface area contributed by atoms with Crippen LogP contribution in [0.3, 0.4) is 0 Å². The van der Waals surface area contributed by atoms with Crippen LogP contribution in [-0.2, 0) is 20.2 Å². The smallest absolute Gasteiger partial charge is 0.181 e. The SMILES string of the molecule is O=C1c2ccccc2C(=O)C1c1nc2c(s1)c(S(=O)(=O)[O-])c(S(=O)(=O)[O-])c1ccccc12. The monoisotopic (exact) mass is 487 g/mol. The molecule has 162 valence electrons. The number of carbonyl (C=O) groups is 2. The maximum atomic E-state index is 12.9. The Balaban J connectivity index is 1.91. The number of Topliss-reactive ketones (excluding diaryl/α,β-unsaturated/α-hetero) is 2. The van der Waals surface area contributed by atoms with Crippen molar-refractivity contribution in [2.75, 3.05) is 0 Å². The lowest BCUT2D eigenvalue weighted by molar-refractivity contribution is 0.0890. The molecule has 0 amide bonds. The van der Waals surface area contributed by atoms with E-state index in [2.05, 4.69) is 4.98 Å². The minimum atomic E-state index is -5.45. The second-order valence-electron chi connectivity index (χ2n) is 7.05. The third-order valence-electron chi connectivity index (χ3n) is 5.21. The molecular formula is C20H9NO8S3-2. The molecule has 0 saturated heterocycles. The normalized spacial score (nSPS) is 15.1. The first kappa shape index (κ1) is 20.8. The Morgan fingerprint density at radius 2 is 1.25 bits per heavy atom. The van der Waals surface area contributed by atoms with Gasteiger partial charge in [-0.15, -0.1) is 11.3 Å². The van der Waals surface area contributed by atoms with E-state index >= 15 is 0 Å². The topological polar surface area (TPSA) is 161 Å². The van der Waals surface area contributed by atoms with Crippen molar-refractivity contribution in [3.8, 4) is 0 Å². The summed E-state index contributed by atoms with van der Waals surface area (Å²) < 4.78 is 71.8. The standard InChI is InChI=1S/C20H11NO8S3/c22-15-10-6-2-3-7-11(10)16(23)13(15)20-21-14-9-5-1-4-8-12(9)18(31(24,25)26)19(17(14)30-20)32(27,28)29/h1-8,13H,(H,24,25,26)(H,27,28,29)/p-2. The maximum Gasteiger partial charge on any atom is 0.181 e. The Morgan fingerprint density at radius 3 is 1.78 bits per heavy atom. The maximum absolute atomic E-state index is 12.9. The van der Waals surface area contributed by atoms with Crippen LogP contribution in [-0.4, -0.2) is 42.5 Å². The molecule has 1 aromatic heterocycles. The molecule has 12 heteroatoms. The number of carbonyl (C=O) groups excluding carboxylic acids is 2. The first-order valence-electron chi connectivity index (χ1n) is 8.94. The summed E-state index contributed by atoms with van der Waals surface area (Å²) in [7, 11) is -10.8. The molecule has 0 aliphatic heterocycles. The van der Waals surface area contributed by atoms with Gasteiger partial charge >= 0.3 is 0 Å². The average Bonchev–Trinajstić information content (AvgIpc) is 3.25. The van der Waals surface area contributed by atoms with Gasteiger partial charge in [-0.3, -0.25) is 9.59 Å². The van der Waals surface area contributed by atoms with Gasteiger partial charge in [-0.2, -0.15) is 0 Å². The summed E-state index contributed by atoms with van der Waals surface area (Å²) in [6.45, 7) is 0. The van der Waals surface area contributed by atoms with Crippen LogP contribution in [0.15, 0.2) is 58.3 Å². The molecule has 5 rings (SSSR count). The van der Waals surface area contributed by atoms with Gasteiger partial charge in [-0.25, -0.2) is 21.8 Å². The quantitative estimate of drug-likeness (QED) is 0.312. The van der Waals surface area contributed by atoms with Crippen LogP contribution in [0, 0.1) is 0 Å². The van der Waals surface area contributed by atoms with Crippen LogP contribution in [0.2, 0.25) is 0 Å². The molecule has 0 fully saturated rings. The predicted molar refractivity (Wildman–Crippen MR) is 111 cm³/mol. The molecular weight excluding hydrogens is 478 g/mol. The van der Waals surface area contributed by atoms with Crippen molar-refractivity contribution >= 4 is 64.1 Å². The first-order chi connectivity index (χ1) is 15.0. The van der Waals surface area contributed by atoms with Gasteiger partial charge in [0.05, 0.1) is 20.0 Å². The third kappa shape index (κ3) is 2.92. The average molecular weight is 487 g/mol. The number of fused-ring (bicyclic) bond motifs is 4. The molecule has 3 aromatic carbocycles. The van der Waals surface area contributed by atoms with Crippen LogP contribution in [0.25, 0.3) is 21.0 Å². The van der Waals surface area contributed by atoms with E-state index in [1.54, 1.807) is 12.1 Å². The molecule has 0 saturated carbocycles. The number of aromatic nitrogens is 1. The number of ketones is 2. The summed E-state index contributed by atoms with van der Waals surface area (Å²) in [6.07, 6.45) is 0. The molecule has 0 atom stereocenters. The highest BCUT2D eigenvalue weighted by Crippen LogP contribution is 2.44. The van der Waals surface area contributed by atoms with E-state index in [4.69, 9.17) is 0 Å². The molecule has 0 N–H and O–H groups in total. The molecule has 1 heterocycles. The molecule has 32 heavy (non-hydrogen) atoms. The first-order valence-corrected chi connectivity index (χ1v) is 12.6. The number of hydrogen-bond acceptors (Lipinski definition) is 10. The minimum absolute atomic E-state index is 0.0843. The van der Waals surface area contributed by atoms with Crippen LogP contribution in [0.1, 0.15) is 31.6 Å². The van der Waals surface area contributed by atoms with Crippen molar-refractivity contribution in [2.24, 2.45) is 0 Å². The van der Waals surface area contributed by atoms with Crippen molar-refractivity contribution < 1.29 is 35.5 Å². The summed E-state index contributed by atoms with van der Waals surface area (Å²) >= 11 is 0.536. The fourth-order valence-electron chi connectivity index (χ4n) is 3.95. The van der Waals surface area contributed by atoms with Crippen LogP contribution < -0.4 is 0 Å². The Kier molecular flexibility index (Phi) is 4.39. The summed E-state index contributed by atoms with van der Waals surface area (Å²) in [5.41, 5.74) is 0.288. The number of thiazole rings is 1. The number of nitrogens with zero attached hydrogens (tertiary/aromatic N) is 1. The lowest BCUT2D eigenvalue weighted by Crippen LogP contribution is -2.12. The van der Waals surface area contributed by atoms with Gasteiger partial charge in [-0.1, -0.05) is 48.5 Å². The van der Waals surface area contributed by atoms with Crippen molar-refractivity contribution in [1.82, 2.24) is 4.98 Å². The van der Waals surface area contributed by atoms with Crippen LogP contribution >= 0.6 is 11.3 Å². The molecule has 1 aliphatic rings. The number of rotatable bonds is 3. The van der Waals surface area contributed by atoms with Crippen molar-refractivity contribution in [2.45, 2.75) is 15.7 Å². The van der Waals surface area contributed by atoms with Crippen LogP contribution in [0.4, 0.5) is 0 Å². The van der Waals surface area contributed by atoms with E-state index < -0.39 is 47.5 Å². The second kappa shape index (κ2) is 6.73. The molecule has 0 spiro atoms. The highest BCUT2D eigenvalue weighted by atomic mass is 32.2. The summed E-state index contributed by atoms with van der Waals surface area (Å²) in [5.74, 6) is -2.45. The molecule has 4 aromatic rings. The molecule has 0 unspecified atom stereocenters.